The highest BCUT2D eigenvalue weighted by molar-refractivity contribution is 7.09. The highest BCUT2D eigenvalue weighted by atomic mass is 32.1. The maximum Gasteiger partial charge on any atom is 0.279 e. The molecule has 1 aliphatic carbocycles. The third kappa shape index (κ3) is 2.85. The van der Waals surface area contributed by atoms with Crippen LogP contribution in [0, 0.1) is 5.82 Å². The Balaban J connectivity index is 1.84. The predicted molar refractivity (Wildman–Crippen MR) is 97.1 cm³/mol. The Morgan fingerprint density at radius 3 is 2.68 bits per heavy atom. The number of amides is 1. The molecule has 3 aromatic rings. The monoisotopic (exact) mass is 352 g/mol. The van der Waals surface area contributed by atoms with Gasteiger partial charge in [0.1, 0.15) is 5.82 Å². The van der Waals surface area contributed by atoms with Crippen molar-refractivity contribution in [3.63, 3.8) is 0 Å². The molecule has 5 heteroatoms. The molecule has 25 heavy (non-hydrogen) atoms. The second kappa shape index (κ2) is 6.41. The number of halogens is 1. The number of carbonyl (C=O) groups is 1. The van der Waals surface area contributed by atoms with Crippen LogP contribution >= 0.6 is 11.3 Å². The van der Waals surface area contributed by atoms with Gasteiger partial charge in [0.2, 0.25) is 0 Å². The lowest BCUT2D eigenvalue weighted by Crippen LogP contribution is -2.18. The Bertz CT molecular complexity index is 1010. The standard InChI is InChI=1S/C20H17FN2OS/c1-2-23-18-16-6-4-3-5-13(16)9-12-17(18)25-20(23)22-19(24)14-7-10-15(21)11-8-14/h3-8,10-11H,2,9,12H2,1H3. The fraction of sp³-hybridized carbons (Fsp3) is 0.200. The van der Waals surface area contributed by atoms with Gasteiger partial charge in [-0.3, -0.25) is 4.79 Å². The molecule has 0 saturated heterocycles. The number of nitrogens with zero attached hydrogens (tertiary/aromatic N) is 2. The number of hydrogen-bond donors (Lipinski definition) is 0. The molecule has 1 aliphatic rings. The molecule has 0 spiro atoms. The molecule has 1 heterocycles. The number of benzene rings is 2. The molecule has 4 rings (SSSR count). The second-order valence-electron chi connectivity index (χ2n) is 5.98. The lowest BCUT2D eigenvalue weighted by molar-refractivity contribution is 0.0998. The number of rotatable bonds is 2. The summed E-state index contributed by atoms with van der Waals surface area (Å²) in [6.07, 6.45) is 1.98. The molecule has 0 fully saturated rings. The zero-order valence-corrected chi connectivity index (χ0v) is 14.6. The van der Waals surface area contributed by atoms with Crippen molar-refractivity contribution in [2.45, 2.75) is 26.3 Å². The molecule has 0 radical (unpaired) electrons. The van der Waals surface area contributed by atoms with E-state index in [4.69, 9.17) is 0 Å². The first kappa shape index (κ1) is 16.0. The average molecular weight is 352 g/mol. The summed E-state index contributed by atoms with van der Waals surface area (Å²) in [6.45, 7) is 2.81. The number of thiazole rings is 1. The van der Waals surface area contributed by atoms with Crippen LogP contribution in [0.3, 0.4) is 0 Å². The molecule has 126 valence electrons. The Morgan fingerprint density at radius 2 is 1.92 bits per heavy atom. The quantitative estimate of drug-likeness (QED) is 0.680. The summed E-state index contributed by atoms with van der Waals surface area (Å²) in [5, 5.41) is 0. The first-order valence-corrected chi connectivity index (χ1v) is 9.14. The summed E-state index contributed by atoms with van der Waals surface area (Å²) in [6, 6.07) is 13.9. The van der Waals surface area contributed by atoms with E-state index in [9.17, 15) is 9.18 Å². The molecule has 3 nitrogen and oxygen atoms in total. The van der Waals surface area contributed by atoms with E-state index in [0.29, 0.717) is 10.4 Å². The van der Waals surface area contributed by atoms with Crippen LogP contribution in [0.4, 0.5) is 4.39 Å². The first-order valence-electron chi connectivity index (χ1n) is 8.32. The van der Waals surface area contributed by atoms with Crippen LogP contribution in [0.2, 0.25) is 0 Å². The molecule has 1 amide bonds. The fourth-order valence-electron chi connectivity index (χ4n) is 3.26. The van der Waals surface area contributed by atoms with Gasteiger partial charge >= 0.3 is 0 Å². The van der Waals surface area contributed by atoms with Gasteiger partial charge in [-0.2, -0.15) is 4.99 Å². The highest BCUT2D eigenvalue weighted by Crippen LogP contribution is 2.34. The maximum absolute atomic E-state index is 13.0. The molecule has 1 aromatic heterocycles. The van der Waals surface area contributed by atoms with Crippen molar-refractivity contribution in [1.82, 2.24) is 4.57 Å². The van der Waals surface area contributed by atoms with E-state index in [-0.39, 0.29) is 11.7 Å². The van der Waals surface area contributed by atoms with E-state index in [2.05, 4.69) is 34.7 Å². The molecule has 2 aromatic carbocycles. The number of hydrogen-bond acceptors (Lipinski definition) is 2. The minimum Gasteiger partial charge on any atom is -0.316 e. The van der Waals surface area contributed by atoms with Gasteiger partial charge < -0.3 is 4.57 Å². The smallest absolute Gasteiger partial charge is 0.279 e. The van der Waals surface area contributed by atoms with Crippen LogP contribution < -0.4 is 4.80 Å². The van der Waals surface area contributed by atoms with Crippen molar-refractivity contribution in [1.29, 1.82) is 0 Å². The maximum atomic E-state index is 13.0. The fourth-order valence-corrected chi connectivity index (χ4v) is 4.46. The minimum absolute atomic E-state index is 0.339. The van der Waals surface area contributed by atoms with Gasteiger partial charge in [-0.1, -0.05) is 24.3 Å². The van der Waals surface area contributed by atoms with Crippen LogP contribution in [0.15, 0.2) is 53.5 Å². The van der Waals surface area contributed by atoms with Crippen molar-refractivity contribution < 1.29 is 9.18 Å². The van der Waals surface area contributed by atoms with E-state index < -0.39 is 0 Å². The van der Waals surface area contributed by atoms with E-state index in [1.165, 1.54) is 46.0 Å². The third-order valence-electron chi connectivity index (χ3n) is 4.48. The van der Waals surface area contributed by atoms with E-state index in [1.54, 1.807) is 11.3 Å². The van der Waals surface area contributed by atoms with Crippen molar-refractivity contribution in [3.8, 4) is 11.3 Å². The zero-order valence-electron chi connectivity index (χ0n) is 13.8. The number of aryl methyl sites for hydroxylation is 2. The van der Waals surface area contributed by atoms with Crippen molar-refractivity contribution in [3.05, 3.63) is 75.2 Å². The molecule has 0 aliphatic heterocycles. The molecule has 0 N–H and O–H groups in total. The molecular weight excluding hydrogens is 335 g/mol. The van der Waals surface area contributed by atoms with Gasteiger partial charge in [-0.05, 0) is 49.6 Å². The van der Waals surface area contributed by atoms with Crippen LogP contribution in [0.25, 0.3) is 11.3 Å². The second-order valence-corrected chi connectivity index (χ2v) is 7.04. The summed E-state index contributed by atoms with van der Waals surface area (Å²) >= 11 is 1.58. The molecule has 0 atom stereocenters. The van der Waals surface area contributed by atoms with Gasteiger partial charge in [-0.25, -0.2) is 4.39 Å². The SMILES string of the molecule is CCn1c2c(sc1=NC(=O)c1ccc(F)cc1)CCc1ccccc1-2. The van der Waals surface area contributed by atoms with Crippen molar-refractivity contribution >= 4 is 17.2 Å². The summed E-state index contributed by atoms with van der Waals surface area (Å²) in [5.41, 5.74) is 4.15. The van der Waals surface area contributed by atoms with Crippen LogP contribution in [0.5, 0.6) is 0 Å². The Kier molecular flexibility index (Phi) is 4.09. The lowest BCUT2D eigenvalue weighted by atomic mass is 9.93. The topological polar surface area (TPSA) is 34.4 Å². The van der Waals surface area contributed by atoms with Gasteiger partial charge in [0.15, 0.2) is 4.80 Å². The van der Waals surface area contributed by atoms with Gasteiger partial charge in [0.05, 0.1) is 5.69 Å². The first-order chi connectivity index (χ1) is 12.2. The molecular formula is C20H17FN2OS. The Labute approximate surface area is 149 Å². The third-order valence-corrected chi connectivity index (χ3v) is 5.62. The van der Waals surface area contributed by atoms with Crippen LogP contribution in [0.1, 0.15) is 27.7 Å². The predicted octanol–water partition coefficient (Wildman–Crippen LogP) is 4.22. The number of carbonyl (C=O) groups excluding carboxylic acids is 1. The van der Waals surface area contributed by atoms with E-state index in [0.717, 1.165) is 19.4 Å². The Hall–Kier alpha value is -2.53. The van der Waals surface area contributed by atoms with Gasteiger partial charge in [0, 0.05) is 22.5 Å². The van der Waals surface area contributed by atoms with Crippen molar-refractivity contribution in [2.24, 2.45) is 4.99 Å². The molecule has 0 unspecified atom stereocenters. The number of aromatic nitrogens is 1. The Morgan fingerprint density at radius 1 is 1.16 bits per heavy atom. The lowest BCUT2D eigenvalue weighted by Gasteiger charge is -2.17. The summed E-state index contributed by atoms with van der Waals surface area (Å²) < 4.78 is 15.2. The minimum atomic E-state index is -0.358. The van der Waals surface area contributed by atoms with E-state index >= 15 is 0 Å². The largest absolute Gasteiger partial charge is 0.316 e. The normalized spacial score (nSPS) is 13.4. The summed E-state index contributed by atoms with van der Waals surface area (Å²) in [4.78, 5) is 18.8. The highest BCUT2D eigenvalue weighted by Gasteiger charge is 2.22. The molecule has 0 bridgehead atoms. The summed E-state index contributed by atoms with van der Waals surface area (Å²) in [5.74, 6) is -0.697. The van der Waals surface area contributed by atoms with Gasteiger partial charge in [-0.15, -0.1) is 11.3 Å². The summed E-state index contributed by atoms with van der Waals surface area (Å²) in [7, 11) is 0. The van der Waals surface area contributed by atoms with Crippen molar-refractivity contribution in [2.75, 3.05) is 0 Å². The van der Waals surface area contributed by atoms with Gasteiger partial charge in [0.25, 0.3) is 5.91 Å². The number of fused-ring (bicyclic) bond motifs is 3. The van der Waals surface area contributed by atoms with Crippen LogP contribution in [-0.2, 0) is 19.4 Å². The molecule has 0 saturated carbocycles. The zero-order chi connectivity index (χ0) is 17.4. The van der Waals surface area contributed by atoms with E-state index in [1.807, 2.05) is 6.07 Å². The van der Waals surface area contributed by atoms with Crippen LogP contribution in [-0.4, -0.2) is 10.5 Å². The average Bonchev–Trinajstić information content (AvgIpc) is 2.99.